The molecule has 0 radical (unpaired) electrons. The van der Waals surface area contributed by atoms with Crippen molar-refractivity contribution in [1.29, 1.82) is 0 Å². The van der Waals surface area contributed by atoms with Gasteiger partial charge in [-0.2, -0.15) is 0 Å². The first-order chi connectivity index (χ1) is 9.72. The van der Waals surface area contributed by atoms with Crippen molar-refractivity contribution >= 4 is 28.7 Å². The fourth-order valence-corrected chi connectivity index (χ4v) is 2.48. The van der Waals surface area contributed by atoms with Gasteiger partial charge in [0, 0.05) is 37.7 Å². The lowest BCUT2D eigenvalue weighted by Gasteiger charge is -2.20. The van der Waals surface area contributed by atoms with Crippen molar-refractivity contribution in [2.45, 2.75) is 0 Å². The third-order valence-corrected chi connectivity index (χ3v) is 3.50. The number of rotatable bonds is 3. The summed E-state index contributed by atoms with van der Waals surface area (Å²) in [5.41, 5.74) is 3.52. The smallest absolute Gasteiger partial charge is 0.152 e. The van der Waals surface area contributed by atoms with Crippen molar-refractivity contribution in [3.8, 4) is 0 Å². The van der Waals surface area contributed by atoms with Crippen LogP contribution in [0.3, 0.4) is 0 Å². The van der Waals surface area contributed by atoms with Crippen LogP contribution in [0, 0.1) is 0 Å². The second-order valence-corrected chi connectivity index (χ2v) is 4.74. The topological polar surface area (TPSA) is 38.1 Å². The largest absolute Gasteiger partial charge is 0.344 e. The average molecular weight is 265 g/mol. The quantitative estimate of drug-likeness (QED) is 0.683. The molecular weight excluding hydrogens is 250 g/mol. The van der Waals surface area contributed by atoms with E-state index in [4.69, 9.17) is 0 Å². The summed E-state index contributed by atoms with van der Waals surface area (Å²) in [5, 5.41) is 0.886. The zero-order chi connectivity index (χ0) is 14.1. The molecule has 0 unspecified atom stereocenters. The number of aryl methyl sites for hydroxylation is 1. The van der Waals surface area contributed by atoms with Crippen LogP contribution < -0.4 is 4.90 Å². The lowest BCUT2D eigenvalue weighted by Crippen LogP contribution is -2.10. The molecule has 20 heavy (non-hydrogen) atoms. The summed E-state index contributed by atoms with van der Waals surface area (Å²) in [6.07, 6.45) is 4.46. The summed E-state index contributed by atoms with van der Waals surface area (Å²) in [7, 11) is 3.89. The monoisotopic (exact) mass is 265 g/mol. The van der Waals surface area contributed by atoms with E-state index in [9.17, 15) is 4.79 Å². The van der Waals surface area contributed by atoms with Crippen LogP contribution in [0.5, 0.6) is 0 Å². The molecule has 0 saturated carbocycles. The van der Waals surface area contributed by atoms with Gasteiger partial charge in [0.15, 0.2) is 6.29 Å². The van der Waals surface area contributed by atoms with E-state index in [0.717, 1.165) is 28.7 Å². The summed E-state index contributed by atoms with van der Waals surface area (Å²) in [4.78, 5) is 17.7. The van der Waals surface area contributed by atoms with Gasteiger partial charge in [-0.3, -0.25) is 4.79 Å². The molecule has 2 heterocycles. The number of hydrogen-bond donors (Lipinski definition) is 0. The number of carbonyl (C=O) groups excluding carboxylic acids is 1. The Balaban J connectivity index is 2.24. The molecule has 0 saturated heterocycles. The highest BCUT2D eigenvalue weighted by Gasteiger charge is 2.15. The van der Waals surface area contributed by atoms with Crippen molar-refractivity contribution < 1.29 is 4.79 Å². The highest BCUT2D eigenvalue weighted by atomic mass is 16.1. The first kappa shape index (κ1) is 12.4. The van der Waals surface area contributed by atoms with Crippen LogP contribution in [0.15, 0.2) is 48.8 Å². The van der Waals surface area contributed by atoms with E-state index in [0.29, 0.717) is 5.56 Å². The molecule has 4 nitrogen and oxygen atoms in total. The first-order valence-electron chi connectivity index (χ1n) is 6.40. The molecule has 0 bridgehead atoms. The zero-order valence-corrected chi connectivity index (χ0v) is 11.4. The number of hydrogen-bond acceptors (Lipinski definition) is 3. The number of aldehydes is 1. The maximum Gasteiger partial charge on any atom is 0.152 e. The van der Waals surface area contributed by atoms with Crippen molar-refractivity contribution in [2.75, 3.05) is 11.9 Å². The molecule has 0 atom stereocenters. The van der Waals surface area contributed by atoms with Gasteiger partial charge in [-0.1, -0.05) is 18.2 Å². The fraction of sp³-hybridized carbons (Fsp3) is 0.125. The highest BCUT2D eigenvalue weighted by Crippen LogP contribution is 2.32. The van der Waals surface area contributed by atoms with E-state index in [-0.39, 0.29) is 0 Å². The van der Waals surface area contributed by atoms with Crippen LogP contribution in [0.2, 0.25) is 0 Å². The van der Waals surface area contributed by atoms with Crippen molar-refractivity contribution in [3.63, 3.8) is 0 Å². The van der Waals surface area contributed by atoms with E-state index >= 15 is 0 Å². The molecule has 0 fully saturated rings. The molecular formula is C16H15N3O. The molecule has 3 rings (SSSR count). The van der Waals surface area contributed by atoms with Gasteiger partial charge in [0.25, 0.3) is 0 Å². The van der Waals surface area contributed by atoms with Gasteiger partial charge in [-0.15, -0.1) is 0 Å². The average Bonchev–Trinajstić information content (AvgIpc) is 2.84. The minimum Gasteiger partial charge on any atom is -0.344 e. The number of carbonyl (C=O) groups is 1. The molecule has 100 valence electrons. The van der Waals surface area contributed by atoms with Gasteiger partial charge in [-0.05, 0) is 18.2 Å². The van der Waals surface area contributed by atoms with Gasteiger partial charge in [0.1, 0.15) is 5.65 Å². The Bertz CT molecular complexity index is 762. The summed E-state index contributed by atoms with van der Waals surface area (Å²) < 4.78 is 1.88. The molecule has 0 aliphatic carbocycles. The summed E-state index contributed by atoms with van der Waals surface area (Å²) in [6.45, 7) is 0. The maximum absolute atomic E-state index is 11.3. The van der Waals surface area contributed by atoms with Crippen LogP contribution in [0.1, 0.15) is 10.4 Å². The van der Waals surface area contributed by atoms with E-state index in [1.807, 2.05) is 61.3 Å². The number of aromatic nitrogens is 2. The van der Waals surface area contributed by atoms with Gasteiger partial charge >= 0.3 is 0 Å². The standard InChI is InChI=1S/C16H15N3O/c1-18-10-12(11-20)15-14(8-9-17-16(15)18)19(2)13-6-4-3-5-7-13/h3-11H,1-2H3. The SMILES string of the molecule is CN(c1ccccc1)c1ccnc2c1c(C=O)cn2C. The van der Waals surface area contributed by atoms with Gasteiger partial charge in [-0.25, -0.2) is 4.98 Å². The van der Waals surface area contributed by atoms with Crippen LogP contribution in [0.4, 0.5) is 11.4 Å². The number of anilines is 2. The Morgan fingerprint density at radius 1 is 1.20 bits per heavy atom. The predicted molar refractivity (Wildman–Crippen MR) is 80.6 cm³/mol. The Hall–Kier alpha value is -2.62. The van der Waals surface area contributed by atoms with E-state index in [2.05, 4.69) is 9.88 Å². The molecule has 3 aromatic rings. The fourth-order valence-electron chi connectivity index (χ4n) is 2.48. The van der Waals surface area contributed by atoms with Crippen LogP contribution in [-0.4, -0.2) is 22.9 Å². The molecule has 4 heteroatoms. The maximum atomic E-state index is 11.3. The Labute approximate surface area is 117 Å². The number of pyridine rings is 1. The van der Waals surface area contributed by atoms with E-state index in [1.54, 1.807) is 6.20 Å². The normalized spacial score (nSPS) is 10.7. The highest BCUT2D eigenvalue weighted by molar-refractivity contribution is 6.04. The van der Waals surface area contributed by atoms with Crippen LogP contribution >= 0.6 is 0 Å². The van der Waals surface area contributed by atoms with E-state index in [1.165, 1.54) is 0 Å². The molecule has 0 amide bonds. The third kappa shape index (κ3) is 1.86. The minimum absolute atomic E-state index is 0.661. The molecule has 0 spiro atoms. The zero-order valence-electron chi connectivity index (χ0n) is 11.4. The van der Waals surface area contributed by atoms with Gasteiger partial charge in [0.05, 0.1) is 11.1 Å². The van der Waals surface area contributed by atoms with Crippen molar-refractivity contribution in [1.82, 2.24) is 9.55 Å². The Morgan fingerprint density at radius 3 is 2.65 bits per heavy atom. The molecule has 0 aliphatic rings. The lowest BCUT2D eigenvalue weighted by molar-refractivity contribution is 0.112. The second kappa shape index (κ2) is 4.81. The summed E-state index contributed by atoms with van der Waals surface area (Å²) >= 11 is 0. The van der Waals surface area contributed by atoms with Crippen LogP contribution in [0.25, 0.3) is 11.0 Å². The second-order valence-electron chi connectivity index (χ2n) is 4.74. The minimum atomic E-state index is 0.661. The van der Waals surface area contributed by atoms with Crippen molar-refractivity contribution in [3.05, 3.63) is 54.4 Å². The van der Waals surface area contributed by atoms with E-state index < -0.39 is 0 Å². The lowest BCUT2D eigenvalue weighted by atomic mass is 10.1. The Morgan fingerprint density at radius 2 is 1.95 bits per heavy atom. The summed E-state index contributed by atoms with van der Waals surface area (Å²) in [6, 6.07) is 12.0. The van der Waals surface area contributed by atoms with Gasteiger partial charge in [0.2, 0.25) is 0 Å². The summed E-state index contributed by atoms with van der Waals surface area (Å²) in [5.74, 6) is 0. The number of benzene rings is 1. The number of nitrogens with zero attached hydrogens (tertiary/aromatic N) is 3. The van der Waals surface area contributed by atoms with Crippen LogP contribution in [-0.2, 0) is 7.05 Å². The first-order valence-corrected chi connectivity index (χ1v) is 6.40. The molecule has 0 N–H and O–H groups in total. The molecule has 0 aliphatic heterocycles. The third-order valence-electron chi connectivity index (χ3n) is 3.50. The van der Waals surface area contributed by atoms with Gasteiger partial charge < -0.3 is 9.47 Å². The number of para-hydroxylation sites is 1. The predicted octanol–water partition coefficient (Wildman–Crippen LogP) is 3.15. The molecule has 2 aromatic heterocycles. The molecule has 1 aromatic carbocycles. The Kier molecular flexibility index (Phi) is 2.99. The van der Waals surface area contributed by atoms with Crippen molar-refractivity contribution in [2.24, 2.45) is 7.05 Å². The number of fused-ring (bicyclic) bond motifs is 1.